The number of thiazole rings is 1. The fourth-order valence-electron chi connectivity index (χ4n) is 1.43. The van der Waals surface area contributed by atoms with Gasteiger partial charge in [0, 0.05) is 12.3 Å². The second kappa shape index (κ2) is 3.76. The first-order valence-electron chi connectivity index (χ1n) is 4.87. The molecule has 0 amide bonds. The summed E-state index contributed by atoms with van der Waals surface area (Å²) in [7, 11) is 0. The van der Waals surface area contributed by atoms with Crippen LogP contribution in [0.4, 0.5) is 0 Å². The largest absolute Gasteiger partial charge is 0.375 e. The van der Waals surface area contributed by atoms with Crippen molar-refractivity contribution in [3.05, 3.63) is 15.6 Å². The van der Waals surface area contributed by atoms with E-state index in [4.69, 9.17) is 4.74 Å². The number of hydrogen-bond acceptors (Lipinski definition) is 3. The van der Waals surface area contributed by atoms with E-state index in [2.05, 4.69) is 18.8 Å². The van der Waals surface area contributed by atoms with Crippen LogP contribution in [0.25, 0.3) is 0 Å². The second-order valence-corrected chi connectivity index (χ2v) is 4.65. The third-order valence-corrected chi connectivity index (χ3v) is 3.85. The molecule has 1 aromatic rings. The molecule has 1 unspecified atom stereocenters. The summed E-state index contributed by atoms with van der Waals surface area (Å²) >= 11 is 1.83. The van der Waals surface area contributed by atoms with Gasteiger partial charge in [-0.25, -0.2) is 4.98 Å². The lowest BCUT2D eigenvalue weighted by Crippen LogP contribution is -2.07. The van der Waals surface area contributed by atoms with Gasteiger partial charge in [0.1, 0.15) is 0 Å². The van der Waals surface area contributed by atoms with Gasteiger partial charge >= 0.3 is 0 Å². The monoisotopic (exact) mass is 197 g/mol. The van der Waals surface area contributed by atoms with Crippen LogP contribution >= 0.6 is 11.3 Å². The third kappa shape index (κ3) is 1.76. The minimum absolute atomic E-state index is 0.607. The van der Waals surface area contributed by atoms with Gasteiger partial charge in [0.25, 0.3) is 0 Å². The van der Waals surface area contributed by atoms with E-state index in [1.165, 1.54) is 22.0 Å². The summed E-state index contributed by atoms with van der Waals surface area (Å²) in [5, 5.41) is 1.29. The topological polar surface area (TPSA) is 22.1 Å². The standard InChI is InChI=1S/C10H15NOS/c1-3-7(2)10-11-8-4-5-12-6-9(8)13-10/h7H,3-6H2,1-2H3. The number of hydrogen-bond donors (Lipinski definition) is 0. The molecule has 0 N–H and O–H groups in total. The van der Waals surface area contributed by atoms with E-state index in [0.717, 1.165) is 19.6 Å². The molecule has 0 bridgehead atoms. The molecule has 1 aromatic heterocycles. The highest BCUT2D eigenvalue weighted by molar-refractivity contribution is 7.11. The van der Waals surface area contributed by atoms with E-state index in [1.54, 1.807) is 0 Å². The first-order chi connectivity index (χ1) is 6.31. The van der Waals surface area contributed by atoms with Crippen molar-refractivity contribution in [1.29, 1.82) is 0 Å². The van der Waals surface area contributed by atoms with Gasteiger partial charge in [0.05, 0.1) is 28.8 Å². The van der Waals surface area contributed by atoms with Crippen molar-refractivity contribution in [1.82, 2.24) is 4.98 Å². The maximum absolute atomic E-state index is 5.39. The van der Waals surface area contributed by atoms with Crippen LogP contribution in [-0.4, -0.2) is 11.6 Å². The lowest BCUT2D eigenvalue weighted by molar-refractivity contribution is 0.112. The zero-order valence-electron chi connectivity index (χ0n) is 8.17. The van der Waals surface area contributed by atoms with Gasteiger partial charge in [-0.3, -0.25) is 0 Å². The molecule has 2 nitrogen and oxygen atoms in total. The Morgan fingerprint density at radius 2 is 2.46 bits per heavy atom. The van der Waals surface area contributed by atoms with Crippen LogP contribution in [0.1, 0.15) is 41.8 Å². The fourth-order valence-corrected chi connectivity index (χ4v) is 2.61. The SMILES string of the molecule is CCC(C)c1nc2c(s1)COCC2. The molecule has 0 spiro atoms. The molecule has 0 saturated carbocycles. The molecule has 0 radical (unpaired) electrons. The molecule has 72 valence electrons. The van der Waals surface area contributed by atoms with Crippen molar-refractivity contribution in [3.63, 3.8) is 0 Å². The first-order valence-corrected chi connectivity index (χ1v) is 5.69. The van der Waals surface area contributed by atoms with Crippen LogP contribution in [-0.2, 0) is 17.8 Å². The minimum Gasteiger partial charge on any atom is -0.375 e. The molecule has 0 fully saturated rings. The first kappa shape index (κ1) is 9.16. The molecule has 1 atom stereocenters. The third-order valence-electron chi connectivity index (χ3n) is 2.55. The summed E-state index contributed by atoms with van der Waals surface area (Å²) in [6.45, 7) is 6.08. The maximum atomic E-state index is 5.39. The number of ether oxygens (including phenoxy) is 1. The van der Waals surface area contributed by atoms with Gasteiger partial charge in [-0.05, 0) is 6.42 Å². The molecule has 0 aromatic carbocycles. The molecule has 13 heavy (non-hydrogen) atoms. The minimum atomic E-state index is 0.607. The highest BCUT2D eigenvalue weighted by Crippen LogP contribution is 2.29. The molecular formula is C10H15NOS. The Morgan fingerprint density at radius 1 is 1.62 bits per heavy atom. The summed E-state index contributed by atoms with van der Waals surface area (Å²) < 4.78 is 5.39. The van der Waals surface area contributed by atoms with Crippen molar-refractivity contribution >= 4 is 11.3 Å². The van der Waals surface area contributed by atoms with Gasteiger partial charge < -0.3 is 4.74 Å². The van der Waals surface area contributed by atoms with Gasteiger partial charge in [0.15, 0.2) is 0 Å². The normalized spacial score (nSPS) is 18.3. The van der Waals surface area contributed by atoms with Crippen LogP contribution < -0.4 is 0 Å². The zero-order chi connectivity index (χ0) is 9.26. The lowest BCUT2D eigenvalue weighted by atomic mass is 10.1. The molecular weight excluding hydrogens is 182 g/mol. The Kier molecular flexibility index (Phi) is 2.65. The van der Waals surface area contributed by atoms with Crippen molar-refractivity contribution in [2.45, 2.75) is 39.2 Å². The van der Waals surface area contributed by atoms with Gasteiger partial charge in [-0.2, -0.15) is 0 Å². The fraction of sp³-hybridized carbons (Fsp3) is 0.700. The molecule has 2 rings (SSSR count). The number of nitrogens with zero attached hydrogens (tertiary/aromatic N) is 1. The number of rotatable bonds is 2. The summed E-state index contributed by atoms with van der Waals surface area (Å²) in [6, 6.07) is 0. The summed E-state index contributed by atoms with van der Waals surface area (Å²) in [5.74, 6) is 0.607. The molecule has 0 aliphatic carbocycles. The quantitative estimate of drug-likeness (QED) is 0.727. The van der Waals surface area contributed by atoms with Crippen LogP contribution in [0.5, 0.6) is 0 Å². The Bertz CT molecular complexity index is 272. The summed E-state index contributed by atoms with van der Waals surface area (Å²) in [5.41, 5.74) is 1.28. The van der Waals surface area contributed by atoms with Crippen LogP contribution in [0.3, 0.4) is 0 Å². The average molecular weight is 197 g/mol. The lowest BCUT2D eigenvalue weighted by Gasteiger charge is -2.08. The van der Waals surface area contributed by atoms with Gasteiger partial charge in [-0.15, -0.1) is 11.3 Å². The molecule has 0 saturated heterocycles. The Hall–Kier alpha value is -0.410. The molecule has 1 aliphatic heterocycles. The summed E-state index contributed by atoms with van der Waals surface area (Å²) in [6.07, 6.45) is 2.18. The average Bonchev–Trinajstić information content (AvgIpc) is 2.59. The van der Waals surface area contributed by atoms with Crippen LogP contribution in [0.2, 0.25) is 0 Å². The number of fused-ring (bicyclic) bond motifs is 1. The zero-order valence-corrected chi connectivity index (χ0v) is 8.99. The second-order valence-electron chi connectivity index (χ2n) is 3.53. The van der Waals surface area contributed by atoms with E-state index in [-0.39, 0.29) is 0 Å². The van der Waals surface area contributed by atoms with Crippen LogP contribution in [0.15, 0.2) is 0 Å². The Labute approximate surface area is 83.0 Å². The van der Waals surface area contributed by atoms with Crippen molar-refractivity contribution < 1.29 is 4.74 Å². The van der Waals surface area contributed by atoms with Gasteiger partial charge in [0.2, 0.25) is 0 Å². The van der Waals surface area contributed by atoms with Crippen LogP contribution in [0, 0.1) is 0 Å². The predicted octanol–water partition coefficient (Wildman–Crippen LogP) is 2.73. The van der Waals surface area contributed by atoms with Crippen molar-refractivity contribution in [3.8, 4) is 0 Å². The van der Waals surface area contributed by atoms with E-state index >= 15 is 0 Å². The molecule has 1 aliphatic rings. The van der Waals surface area contributed by atoms with E-state index in [0.29, 0.717) is 5.92 Å². The summed E-state index contributed by atoms with van der Waals surface area (Å²) in [4.78, 5) is 6.01. The highest BCUT2D eigenvalue weighted by Gasteiger charge is 2.17. The number of aromatic nitrogens is 1. The molecule has 3 heteroatoms. The van der Waals surface area contributed by atoms with Crippen molar-refractivity contribution in [2.75, 3.05) is 6.61 Å². The Morgan fingerprint density at radius 3 is 3.15 bits per heavy atom. The maximum Gasteiger partial charge on any atom is 0.0960 e. The van der Waals surface area contributed by atoms with E-state index in [1.807, 2.05) is 11.3 Å². The van der Waals surface area contributed by atoms with E-state index in [9.17, 15) is 0 Å². The predicted molar refractivity (Wildman–Crippen MR) is 54.2 cm³/mol. The highest BCUT2D eigenvalue weighted by atomic mass is 32.1. The van der Waals surface area contributed by atoms with Crippen molar-refractivity contribution in [2.24, 2.45) is 0 Å². The Balaban J connectivity index is 2.25. The van der Waals surface area contributed by atoms with E-state index < -0.39 is 0 Å². The van der Waals surface area contributed by atoms with Gasteiger partial charge in [-0.1, -0.05) is 13.8 Å². The molecule has 2 heterocycles. The smallest absolute Gasteiger partial charge is 0.0960 e.